The summed E-state index contributed by atoms with van der Waals surface area (Å²) in [4.78, 5) is 25.3. The molecule has 1 aromatic heterocycles. The first-order valence-corrected chi connectivity index (χ1v) is 9.52. The van der Waals surface area contributed by atoms with Crippen molar-refractivity contribution < 1.29 is 14.3 Å². The molecule has 1 saturated carbocycles. The molecule has 130 valence electrons. The van der Waals surface area contributed by atoms with Crippen LogP contribution in [0.3, 0.4) is 0 Å². The maximum atomic E-state index is 12.6. The topological polar surface area (TPSA) is 55.4 Å². The molecule has 1 saturated heterocycles. The van der Waals surface area contributed by atoms with E-state index in [-0.39, 0.29) is 23.8 Å². The van der Waals surface area contributed by atoms with Crippen LogP contribution in [0.5, 0.6) is 0 Å². The molecule has 5 heteroatoms. The van der Waals surface area contributed by atoms with Crippen molar-refractivity contribution in [3.63, 3.8) is 0 Å². The molecule has 2 aliphatic rings. The van der Waals surface area contributed by atoms with Gasteiger partial charge in [0.15, 0.2) is 5.78 Å². The zero-order valence-electron chi connectivity index (χ0n) is 14.1. The van der Waals surface area contributed by atoms with Crippen molar-refractivity contribution in [3.8, 4) is 0 Å². The highest BCUT2D eigenvalue weighted by Gasteiger charge is 2.54. The van der Waals surface area contributed by atoms with E-state index in [9.17, 15) is 9.59 Å². The van der Waals surface area contributed by atoms with Gasteiger partial charge < -0.3 is 10.1 Å². The molecular weight excluding hydrogens is 334 g/mol. The van der Waals surface area contributed by atoms with Crippen molar-refractivity contribution >= 4 is 23.0 Å². The summed E-state index contributed by atoms with van der Waals surface area (Å²) in [5.41, 5.74) is 1.27. The molecule has 25 heavy (non-hydrogen) atoms. The minimum absolute atomic E-state index is 0.00101. The molecule has 0 radical (unpaired) electrons. The quantitative estimate of drug-likeness (QED) is 0.837. The van der Waals surface area contributed by atoms with Crippen LogP contribution in [0.2, 0.25) is 0 Å². The van der Waals surface area contributed by atoms with Gasteiger partial charge in [0.1, 0.15) is 0 Å². The predicted octanol–water partition coefficient (Wildman–Crippen LogP) is 3.33. The van der Waals surface area contributed by atoms with Crippen LogP contribution in [0, 0.1) is 11.8 Å². The van der Waals surface area contributed by atoms with Crippen molar-refractivity contribution in [2.75, 3.05) is 6.61 Å². The summed E-state index contributed by atoms with van der Waals surface area (Å²) >= 11 is 1.26. The zero-order valence-corrected chi connectivity index (χ0v) is 14.9. The molecule has 1 aliphatic carbocycles. The molecular formula is C20H21NO3S. The van der Waals surface area contributed by atoms with E-state index in [1.54, 1.807) is 12.1 Å². The Hall–Kier alpha value is -1.98. The fourth-order valence-corrected chi connectivity index (χ4v) is 4.85. The van der Waals surface area contributed by atoms with E-state index in [4.69, 9.17) is 4.74 Å². The second kappa shape index (κ2) is 6.73. The third-order valence-corrected chi connectivity index (χ3v) is 6.50. The second-order valence-electron chi connectivity index (χ2n) is 6.86. The smallest absolute Gasteiger partial charge is 0.261 e. The van der Waals surface area contributed by atoms with Gasteiger partial charge in [-0.3, -0.25) is 9.59 Å². The lowest BCUT2D eigenvalue weighted by atomic mass is 9.64. The third-order valence-electron chi connectivity index (χ3n) is 5.32. The van der Waals surface area contributed by atoms with Crippen LogP contribution < -0.4 is 5.32 Å². The van der Waals surface area contributed by atoms with Crippen molar-refractivity contribution in [1.82, 2.24) is 5.32 Å². The highest BCUT2D eigenvalue weighted by molar-refractivity contribution is 7.15. The summed E-state index contributed by atoms with van der Waals surface area (Å²) in [6.45, 7) is 2.30. The lowest BCUT2D eigenvalue weighted by Crippen LogP contribution is -2.62. The molecule has 4 rings (SSSR count). The number of hydrogen-bond donors (Lipinski definition) is 1. The SMILES string of the molecule is CC(=O)c1ccc(C(=O)N[C@@H]2[C@@H](Cc3ccccc3)[C@H]3OCC[C@@H]23)s1. The van der Waals surface area contributed by atoms with Crippen LogP contribution in [-0.4, -0.2) is 30.4 Å². The van der Waals surface area contributed by atoms with Crippen molar-refractivity contribution in [2.24, 2.45) is 11.8 Å². The van der Waals surface area contributed by atoms with Gasteiger partial charge in [-0.2, -0.15) is 0 Å². The van der Waals surface area contributed by atoms with E-state index >= 15 is 0 Å². The number of Topliss-reactive ketones (excluding diaryl/α,β-unsaturated/α-hetero) is 1. The summed E-state index contributed by atoms with van der Waals surface area (Å²) < 4.78 is 5.90. The largest absolute Gasteiger partial charge is 0.377 e. The number of carbonyl (C=O) groups excluding carboxylic acids is 2. The molecule has 0 unspecified atom stereocenters. The number of benzene rings is 1. The molecule has 4 nitrogen and oxygen atoms in total. The minimum Gasteiger partial charge on any atom is -0.377 e. The Morgan fingerprint density at radius 1 is 1.16 bits per heavy atom. The standard InChI is InChI=1S/C20H21NO3S/c1-12(22)16-7-8-17(25-16)20(23)21-18-14-9-10-24-19(14)15(18)11-13-5-3-2-4-6-13/h2-8,14-15,18-19H,9-11H2,1H3,(H,21,23)/t14-,15+,18-,19-/m0/s1. The van der Waals surface area contributed by atoms with E-state index in [1.807, 2.05) is 18.2 Å². The van der Waals surface area contributed by atoms with Crippen LogP contribution in [0.4, 0.5) is 0 Å². The van der Waals surface area contributed by atoms with Crippen LogP contribution in [0.15, 0.2) is 42.5 Å². The number of fused-ring (bicyclic) bond motifs is 1. The van der Waals surface area contributed by atoms with E-state index in [0.717, 1.165) is 19.4 Å². The maximum absolute atomic E-state index is 12.6. The summed E-state index contributed by atoms with van der Waals surface area (Å²) in [6.07, 6.45) is 2.17. The second-order valence-corrected chi connectivity index (χ2v) is 7.94. The van der Waals surface area contributed by atoms with Crippen LogP contribution >= 0.6 is 11.3 Å². The molecule has 0 spiro atoms. The highest BCUT2D eigenvalue weighted by atomic mass is 32.1. The molecule has 1 N–H and O–H groups in total. The molecule has 0 bridgehead atoms. The first-order valence-electron chi connectivity index (χ1n) is 8.70. The van der Waals surface area contributed by atoms with Crippen LogP contribution in [0.25, 0.3) is 0 Å². The van der Waals surface area contributed by atoms with Gasteiger partial charge in [0.25, 0.3) is 5.91 Å². The molecule has 2 fully saturated rings. The van der Waals surface area contributed by atoms with Gasteiger partial charge in [-0.15, -0.1) is 11.3 Å². The summed E-state index contributed by atoms with van der Waals surface area (Å²) in [7, 11) is 0. The number of amides is 1. The third kappa shape index (κ3) is 3.14. The Kier molecular flexibility index (Phi) is 4.44. The van der Waals surface area contributed by atoms with Crippen LogP contribution in [-0.2, 0) is 11.2 Å². The van der Waals surface area contributed by atoms with Crippen molar-refractivity contribution in [2.45, 2.75) is 31.9 Å². The van der Waals surface area contributed by atoms with Gasteiger partial charge in [-0.25, -0.2) is 0 Å². The van der Waals surface area contributed by atoms with E-state index < -0.39 is 0 Å². The molecule has 2 heterocycles. The molecule has 2 aromatic rings. The summed E-state index contributed by atoms with van der Waals surface area (Å²) in [6, 6.07) is 14.0. The minimum atomic E-state index is -0.0779. The zero-order chi connectivity index (χ0) is 17.4. The van der Waals surface area contributed by atoms with Gasteiger partial charge in [-0.1, -0.05) is 30.3 Å². The highest BCUT2D eigenvalue weighted by Crippen LogP contribution is 2.45. The van der Waals surface area contributed by atoms with Crippen molar-refractivity contribution in [1.29, 1.82) is 0 Å². The summed E-state index contributed by atoms with van der Waals surface area (Å²) in [5.74, 6) is 0.640. The lowest BCUT2D eigenvalue weighted by molar-refractivity contribution is -0.0527. The number of nitrogens with one attached hydrogen (secondary N) is 1. The molecule has 1 aromatic carbocycles. The molecule has 1 amide bonds. The average molecular weight is 355 g/mol. The van der Waals surface area contributed by atoms with Crippen molar-refractivity contribution in [3.05, 3.63) is 57.8 Å². The normalized spacial score (nSPS) is 27.4. The maximum Gasteiger partial charge on any atom is 0.261 e. The Balaban J connectivity index is 1.47. The fourth-order valence-electron chi connectivity index (χ4n) is 4.04. The number of hydrogen-bond acceptors (Lipinski definition) is 4. The number of rotatable bonds is 5. The van der Waals surface area contributed by atoms with E-state index in [1.165, 1.54) is 23.8 Å². The Labute approximate surface area is 151 Å². The number of thiophene rings is 1. The van der Waals surface area contributed by atoms with Gasteiger partial charge in [0.05, 0.1) is 15.9 Å². The number of ether oxygens (including phenoxy) is 1. The van der Waals surface area contributed by atoms with Gasteiger partial charge in [-0.05, 0) is 37.5 Å². The average Bonchev–Trinajstić information content (AvgIpc) is 3.26. The fraction of sp³-hybridized carbons (Fsp3) is 0.400. The molecule has 1 aliphatic heterocycles. The summed E-state index contributed by atoms with van der Waals surface area (Å²) in [5, 5.41) is 3.21. The number of carbonyl (C=O) groups is 2. The van der Waals surface area contributed by atoms with Gasteiger partial charge in [0.2, 0.25) is 0 Å². The molecule has 4 atom stereocenters. The van der Waals surface area contributed by atoms with Gasteiger partial charge in [0, 0.05) is 24.5 Å². The van der Waals surface area contributed by atoms with Crippen LogP contribution in [0.1, 0.15) is 38.3 Å². The predicted molar refractivity (Wildman–Crippen MR) is 97.1 cm³/mol. The van der Waals surface area contributed by atoms with E-state index in [2.05, 4.69) is 17.4 Å². The first-order chi connectivity index (χ1) is 12.1. The Morgan fingerprint density at radius 2 is 1.92 bits per heavy atom. The monoisotopic (exact) mass is 355 g/mol. The van der Waals surface area contributed by atoms with Gasteiger partial charge >= 0.3 is 0 Å². The Bertz CT molecular complexity index is 785. The first kappa shape index (κ1) is 16.5. The number of ketones is 1. The Morgan fingerprint density at radius 3 is 2.64 bits per heavy atom. The lowest BCUT2D eigenvalue weighted by Gasteiger charge is -2.48. The van der Waals surface area contributed by atoms with E-state index in [0.29, 0.717) is 21.6 Å².